The molecule has 1 aromatic heterocycles. The van der Waals surface area contributed by atoms with Gasteiger partial charge in [-0.05, 0) is 26.2 Å². The molecule has 2 rings (SSSR count). The van der Waals surface area contributed by atoms with Crippen LogP contribution in [0.1, 0.15) is 38.4 Å². The van der Waals surface area contributed by atoms with Crippen molar-refractivity contribution in [1.29, 1.82) is 0 Å². The molecule has 1 unspecified atom stereocenters. The van der Waals surface area contributed by atoms with E-state index in [1.54, 1.807) is 6.20 Å². The van der Waals surface area contributed by atoms with E-state index in [9.17, 15) is 8.42 Å². The van der Waals surface area contributed by atoms with Crippen LogP contribution in [0.25, 0.3) is 0 Å². The van der Waals surface area contributed by atoms with Crippen LogP contribution in [0.2, 0.25) is 0 Å². The summed E-state index contributed by atoms with van der Waals surface area (Å²) in [7, 11) is -3.53. The van der Waals surface area contributed by atoms with Crippen LogP contribution in [0, 0.1) is 6.92 Å². The summed E-state index contributed by atoms with van der Waals surface area (Å²) < 4.78 is 28.9. The molecule has 0 N–H and O–H groups in total. The van der Waals surface area contributed by atoms with Crippen molar-refractivity contribution in [1.82, 2.24) is 13.9 Å². The fraction of sp³-hybridized carbons (Fsp3) is 0.769. The molecule has 114 valence electrons. The van der Waals surface area contributed by atoms with Crippen molar-refractivity contribution in [3.63, 3.8) is 0 Å². The van der Waals surface area contributed by atoms with Crippen LogP contribution in [0.4, 0.5) is 0 Å². The highest BCUT2D eigenvalue weighted by Gasteiger charge is 2.34. The highest BCUT2D eigenvalue weighted by atomic mass is 35.5. The lowest BCUT2D eigenvalue weighted by molar-refractivity contribution is 0.270. The summed E-state index contributed by atoms with van der Waals surface area (Å²) >= 11 is 5.92. The van der Waals surface area contributed by atoms with Gasteiger partial charge >= 0.3 is 0 Å². The summed E-state index contributed by atoms with van der Waals surface area (Å²) in [5.41, 5.74) is 0. The molecular weight excluding hydrogens is 298 g/mol. The lowest BCUT2D eigenvalue weighted by atomic mass is 10.1. The van der Waals surface area contributed by atoms with Crippen molar-refractivity contribution in [2.45, 2.75) is 57.1 Å². The second-order valence-corrected chi connectivity index (χ2v) is 7.39. The smallest absolute Gasteiger partial charge is 0.262 e. The molecule has 0 aromatic carbocycles. The van der Waals surface area contributed by atoms with Gasteiger partial charge in [-0.15, -0.1) is 11.6 Å². The summed E-state index contributed by atoms with van der Waals surface area (Å²) in [5.74, 6) is 1.08. The molecular formula is C13H22ClN3O2S. The van der Waals surface area contributed by atoms with E-state index in [4.69, 9.17) is 11.6 Å². The van der Waals surface area contributed by atoms with Gasteiger partial charge in [0.1, 0.15) is 5.82 Å². The Bertz CT molecular complexity index is 556. The van der Waals surface area contributed by atoms with E-state index in [0.29, 0.717) is 12.4 Å². The first-order valence-corrected chi connectivity index (χ1v) is 9.09. The topological polar surface area (TPSA) is 55.2 Å². The Hall–Kier alpha value is -0.590. The maximum Gasteiger partial charge on any atom is 0.262 e. The van der Waals surface area contributed by atoms with Crippen LogP contribution in [-0.4, -0.2) is 40.7 Å². The third kappa shape index (κ3) is 3.02. The largest absolute Gasteiger partial charge is 0.334 e. The monoisotopic (exact) mass is 319 g/mol. The number of aryl methyl sites for hydroxylation is 2. The zero-order valence-electron chi connectivity index (χ0n) is 12.0. The number of imidazole rings is 1. The summed E-state index contributed by atoms with van der Waals surface area (Å²) in [6.45, 7) is 5.22. The summed E-state index contributed by atoms with van der Waals surface area (Å²) in [6, 6.07) is -0.105. The maximum absolute atomic E-state index is 12.7. The Morgan fingerprint density at radius 3 is 2.85 bits per heavy atom. The number of halogens is 1. The second-order valence-electron chi connectivity index (χ2n) is 5.24. The number of hydrogen-bond acceptors (Lipinski definition) is 3. The minimum atomic E-state index is -3.53. The molecule has 0 saturated carbocycles. The summed E-state index contributed by atoms with van der Waals surface area (Å²) in [4.78, 5) is 4.24. The number of nitrogens with zero attached hydrogens (tertiary/aromatic N) is 3. The van der Waals surface area contributed by atoms with Gasteiger partial charge in [0.15, 0.2) is 5.03 Å². The van der Waals surface area contributed by atoms with Crippen molar-refractivity contribution in [3.05, 3.63) is 12.0 Å². The number of aromatic nitrogens is 2. The third-order valence-electron chi connectivity index (χ3n) is 3.74. The molecule has 2 heterocycles. The Morgan fingerprint density at radius 1 is 1.45 bits per heavy atom. The SMILES string of the molecule is CCCn1cc(S(=O)(=O)N2CCCCC2CCl)nc1C. The van der Waals surface area contributed by atoms with Gasteiger partial charge in [0, 0.05) is 31.2 Å². The number of piperidine rings is 1. The molecule has 1 aliphatic heterocycles. The molecule has 1 fully saturated rings. The van der Waals surface area contributed by atoms with Gasteiger partial charge in [-0.25, -0.2) is 13.4 Å². The maximum atomic E-state index is 12.7. The molecule has 0 bridgehead atoms. The van der Waals surface area contributed by atoms with Crippen LogP contribution >= 0.6 is 11.6 Å². The standard InChI is InChI=1S/C13H22ClN3O2S/c1-3-7-16-10-13(15-11(16)2)20(18,19)17-8-5-4-6-12(17)9-14/h10,12H,3-9H2,1-2H3. The predicted octanol–water partition coefficient (Wildman–Crippen LogP) is 2.38. The van der Waals surface area contributed by atoms with Gasteiger partial charge in [-0.3, -0.25) is 0 Å². The third-order valence-corrected chi connectivity index (χ3v) is 5.92. The molecule has 7 heteroatoms. The average Bonchev–Trinajstić information content (AvgIpc) is 2.81. The lowest BCUT2D eigenvalue weighted by Crippen LogP contribution is -2.44. The van der Waals surface area contributed by atoms with E-state index in [1.807, 2.05) is 11.5 Å². The summed E-state index contributed by atoms with van der Waals surface area (Å²) in [6.07, 6.45) is 5.35. The highest BCUT2D eigenvalue weighted by Crippen LogP contribution is 2.25. The van der Waals surface area contributed by atoms with Gasteiger partial charge in [0.2, 0.25) is 0 Å². The second kappa shape index (κ2) is 6.45. The van der Waals surface area contributed by atoms with Crippen LogP contribution in [0.15, 0.2) is 11.2 Å². The van der Waals surface area contributed by atoms with Crippen LogP contribution < -0.4 is 0 Å². The molecule has 20 heavy (non-hydrogen) atoms. The van der Waals surface area contributed by atoms with Gasteiger partial charge in [0.25, 0.3) is 10.0 Å². The molecule has 5 nitrogen and oxygen atoms in total. The molecule has 1 aromatic rings. The van der Waals surface area contributed by atoms with Crippen molar-refractivity contribution in [3.8, 4) is 0 Å². The summed E-state index contributed by atoms with van der Waals surface area (Å²) in [5, 5.41) is 0.153. The molecule has 1 atom stereocenters. The Kier molecular flexibility index (Phi) is 5.09. The zero-order chi connectivity index (χ0) is 14.8. The highest BCUT2D eigenvalue weighted by molar-refractivity contribution is 7.89. The van der Waals surface area contributed by atoms with E-state index in [2.05, 4.69) is 11.9 Å². The van der Waals surface area contributed by atoms with Gasteiger partial charge < -0.3 is 4.57 Å². The fourth-order valence-corrected chi connectivity index (χ4v) is 4.73. The van der Waals surface area contributed by atoms with Crippen molar-refractivity contribution >= 4 is 21.6 Å². The fourth-order valence-electron chi connectivity index (χ4n) is 2.64. The van der Waals surface area contributed by atoms with E-state index < -0.39 is 10.0 Å². The minimum absolute atomic E-state index is 0.105. The van der Waals surface area contributed by atoms with Crippen molar-refractivity contribution < 1.29 is 8.42 Å². The molecule has 0 aliphatic carbocycles. The Morgan fingerprint density at radius 2 is 2.20 bits per heavy atom. The number of rotatable bonds is 5. The quantitative estimate of drug-likeness (QED) is 0.783. The minimum Gasteiger partial charge on any atom is -0.334 e. The molecule has 1 saturated heterocycles. The number of alkyl halides is 1. The van der Waals surface area contributed by atoms with E-state index in [1.165, 1.54) is 4.31 Å². The first kappa shape index (κ1) is 15.8. The molecule has 0 radical (unpaired) electrons. The number of sulfonamides is 1. The molecule has 0 amide bonds. The van der Waals surface area contributed by atoms with Crippen molar-refractivity contribution in [2.75, 3.05) is 12.4 Å². The molecule has 1 aliphatic rings. The van der Waals surface area contributed by atoms with Crippen LogP contribution in [-0.2, 0) is 16.6 Å². The van der Waals surface area contributed by atoms with Gasteiger partial charge in [0.05, 0.1) is 0 Å². The van der Waals surface area contributed by atoms with Crippen LogP contribution in [0.5, 0.6) is 0 Å². The average molecular weight is 320 g/mol. The van der Waals surface area contributed by atoms with Crippen LogP contribution in [0.3, 0.4) is 0 Å². The lowest BCUT2D eigenvalue weighted by Gasteiger charge is -2.32. The first-order valence-electron chi connectivity index (χ1n) is 7.12. The number of hydrogen-bond donors (Lipinski definition) is 0. The van der Waals surface area contributed by atoms with E-state index in [0.717, 1.165) is 38.1 Å². The zero-order valence-corrected chi connectivity index (χ0v) is 13.6. The van der Waals surface area contributed by atoms with Gasteiger partial charge in [-0.2, -0.15) is 4.31 Å². The van der Waals surface area contributed by atoms with Gasteiger partial charge in [-0.1, -0.05) is 13.3 Å². The Balaban J connectivity index is 2.31. The first-order chi connectivity index (χ1) is 9.50. The predicted molar refractivity (Wildman–Crippen MR) is 79.5 cm³/mol. The van der Waals surface area contributed by atoms with E-state index >= 15 is 0 Å². The van der Waals surface area contributed by atoms with Crippen molar-refractivity contribution in [2.24, 2.45) is 0 Å². The normalized spacial score (nSPS) is 21.2. The molecule has 0 spiro atoms. The van der Waals surface area contributed by atoms with E-state index in [-0.39, 0.29) is 11.1 Å². The Labute approximate surface area is 126 Å².